The molecule has 0 heterocycles. The Kier molecular flexibility index (Phi) is 8.22. The number of ether oxygens (including phenoxy) is 1. The molecule has 0 unspecified atom stereocenters. The zero-order chi connectivity index (χ0) is 11.6. The van der Waals surface area contributed by atoms with E-state index < -0.39 is 5.60 Å². The molecule has 0 aliphatic rings. The molecular weight excluding hydrogens is 188 g/mol. The van der Waals surface area contributed by atoms with Crippen molar-refractivity contribution < 1.29 is 9.84 Å². The summed E-state index contributed by atoms with van der Waals surface area (Å²) >= 11 is 0. The molecule has 0 bridgehead atoms. The highest BCUT2D eigenvalue weighted by atomic mass is 16.5. The second-order valence-electron chi connectivity index (χ2n) is 3.90. The van der Waals surface area contributed by atoms with Crippen molar-refractivity contribution in [2.45, 2.75) is 64.9 Å². The molecule has 0 rings (SSSR count). The smallest absolute Gasteiger partial charge is 0.128 e. The first-order valence-corrected chi connectivity index (χ1v) is 6.04. The van der Waals surface area contributed by atoms with Crippen LogP contribution in [0.1, 0.15) is 59.3 Å². The van der Waals surface area contributed by atoms with Crippen LogP contribution in [-0.2, 0) is 4.74 Å². The van der Waals surface area contributed by atoms with Gasteiger partial charge in [0.15, 0.2) is 0 Å². The molecule has 0 aromatic carbocycles. The number of aliphatic hydroxyl groups is 1. The van der Waals surface area contributed by atoms with Gasteiger partial charge in [0, 0.05) is 0 Å². The van der Waals surface area contributed by atoms with Gasteiger partial charge in [-0.3, -0.25) is 0 Å². The van der Waals surface area contributed by atoms with E-state index in [-0.39, 0.29) is 0 Å². The Hall–Kier alpha value is -0.680. The third-order valence-corrected chi connectivity index (χ3v) is 2.39. The van der Waals surface area contributed by atoms with Crippen LogP contribution in [-0.4, -0.2) is 17.3 Å². The Morgan fingerprint density at radius 1 is 1.07 bits per heavy atom. The van der Waals surface area contributed by atoms with Gasteiger partial charge in [-0.25, -0.2) is 0 Å². The summed E-state index contributed by atoms with van der Waals surface area (Å²) in [5.41, 5.74) is -0.832. The molecule has 0 atom stereocenters. The summed E-state index contributed by atoms with van der Waals surface area (Å²) in [6, 6.07) is 0. The summed E-state index contributed by atoms with van der Waals surface area (Å²) in [4.78, 5) is 0. The van der Waals surface area contributed by atoms with E-state index in [0.29, 0.717) is 6.61 Å². The molecule has 0 aliphatic carbocycles. The van der Waals surface area contributed by atoms with Gasteiger partial charge in [0.1, 0.15) is 11.7 Å². The van der Waals surface area contributed by atoms with Crippen LogP contribution in [0.3, 0.4) is 0 Å². The molecule has 2 heteroatoms. The maximum Gasteiger partial charge on any atom is 0.128 e. The molecule has 0 radical (unpaired) electrons. The van der Waals surface area contributed by atoms with Crippen molar-refractivity contribution in [3.63, 3.8) is 0 Å². The summed E-state index contributed by atoms with van der Waals surface area (Å²) in [5, 5.41) is 10.2. The van der Waals surface area contributed by atoms with E-state index >= 15 is 0 Å². The fraction of sp³-hybridized carbons (Fsp3) is 0.846. The minimum Gasteiger partial charge on any atom is -0.447 e. The Morgan fingerprint density at radius 3 is 2.00 bits per heavy atom. The molecule has 15 heavy (non-hydrogen) atoms. The summed E-state index contributed by atoms with van der Waals surface area (Å²) in [7, 11) is 0. The summed E-state index contributed by atoms with van der Waals surface area (Å²) in [6.07, 6.45) is 8.31. The second-order valence-corrected chi connectivity index (χ2v) is 3.90. The number of hydrogen-bond donors (Lipinski definition) is 1. The summed E-state index contributed by atoms with van der Waals surface area (Å²) < 4.78 is 4.97. The van der Waals surface area contributed by atoms with Gasteiger partial charge in [0.25, 0.3) is 0 Å². The highest BCUT2D eigenvalue weighted by molar-refractivity contribution is 5.10. The molecule has 0 aromatic rings. The van der Waals surface area contributed by atoms with Crippen molar-refractivity contribution in [3.8, 4) is 12.0 Å². The van der Waals surface area contributed by atoms with E-state index in [9.17, 15) is 5.11 Å². The highest BCUT2D eigenvalue weighted by Crippen LogP contribution is 2.20. The zero-order valence-corrected chi connectivity index (χ0v) is 10.3. The predicted octanol–water partition coefficient (Wildman–Crippen LogP) is 3.10. The minimum absolute atomic E-state index is 0.574. The van der Waals surface area contributed by atoms with Crippen LogP contribution in [0.4, 0.5) is 0 Å². The molecule has 0 aromatic heterocycles. The van der Waals surface area contributed by atoms with Crippen molar-refractivity contribution in [1.82, 2.24) is 0 Å². The lowest BCUT2D eigenvalue weighted by molar-refractivity contribution is 0.0761. The van der Waals surface area contributed by atoms with E-state index in [2.05, 4.69) is 25.9 Å². The lowest BCUT2D eigenvalue weighted by Crippen LogP contribution is -2.26. The molecule has 0 saturated carbocycles. The first-order valence-electron chi connectivity index (χ1n) is 6.04. The quantitative estimate of drug-likeness (QED) is 0.657. The van der Waals surface area contributed by atoms with Crippen LogP contribution in [0, 0.1) is 12.0 Å². The van der Waals surface area contributed by atoms with Gasteiger partial charge in [-0.15, -0.1) is 0 Å². The average Bonchev–Trinajstić information content (AvgIpc) is 2.24. The summed E-state index contributed by atoms with van der Waals surface area (Å²) in [6.45, 7) is 6.71. The van der Waals surface area contributed by atoms with Gasteiger partial charge >= 0.3 is 0 Å². The van der Waals surface area contributed by atoms with E-state index in [1.807, 2.05) is 6.92 Å². The molecule has 0 aliphatic heterocycles. The third-order valence-electron chi connectivity index (χ3n) is 2.39. The van der Waals surface area contributed by atoms with Gasteiger partial charge in [-0.2, -0.15) is 0 Å². The van der Waals surface area contributed by atoms with Crippen molar-refractivity contribution >= 4 is 0 Å². The van der Waals surface area contributed by atoms with Gasteiger partial charge in [0.05, 0.1) is 6.61 Å². The summed E-state index contributed by atoms with van der Waals surface area (Å²) in [5.74, 6) is 2.85. The number of unbranched alkanes of at least 4 members (excludes halogenated alkanes) is 2. The van der Waals surface area contributed by atoms with E-state index in [1.165, 1.54) is 0 Å². The van der Waals surface area contributed by atoms with Crippen LogP contribution in [0.25, 0.3) is 0 Å². The Balaban J connectivity index is 4.20. The third kappa shape index (κ3) is 7.27. The topological polar surface area (TPSA) is 29.5 Å². The van der Waals surface area contributed by atoms with E-state index in [0.717, 1.165) is 38.5 Å². The highest BCUT2D eigenvalue weighted by Gasteiger charge is 2.22. The zero-order valence-electron chi connectivity index (χ0n) is 10.3. The molecule has 0 fully saturated rings. The van der Waals surface area contributed by atoms with Crippen molar-refractivity contribution in [3.05, 3.63) is 0 Å². The molecule has 0 saturated heterocycles. The second kappa shape index (κ2) is 8.61. The first-order chi connectivity index (χ1) is 7.18. The number of rotatable bonds is 7. The molecule has 2 nitrogen and oxygen atoms in total. The standard InChI is InChI=1S/C13H24O2/c1-4-7-9-13(14,10-8-5-2)11-12-15-6-3/h14H,4-10H2,1-3H3. The normalized spacial score (nSPS) is 10.7. The maximum absolute atomic E-state index is 10.2. The Bertz CT molecular complexity index is 192. The van der Waals surface area contributed by atoms with Crippen LogP contribution >= 0.6 is 0 Å². The van der Waals surface area contributed by atoms with Crippen molar-refractivity contribution in [1.29, 1.82) is 0 Å². The predicted molar refractivity (Wildman–Crippen MR) is 63.4 cm³/mol. The molecule has 88 valence electrons. The maximum atomic E-state index is 10.2. The Morgan fingerprint density at radius 2 is 1.60 bits per heavy atom. The van der Waals surface area contributed by atoms with Crippen LogP contribution in [0.2, 0.25) is 0 Å². The minimum atomic E-state index is -0.832. The Labute approximate surface area is 94.0 Å². The van der Waals surface area contributed by atoms with Gasteiger partial charge < -0.3 is 9.84 Å². The van der Waals surface area contributed by atoms with E-state index in [1.54, 1.807) is 0 Å². The van der Waals surface area contributed by atoms with Gasteiger partial charge in [0.2, 0.25) is 0 Å². The fourth-order valence-corrected chi connectivity index (χ4v) is 1.39. The number of hydrogen-bond acceptors (Lipinski definition) is 2. The molecular formula is C13H24O2. The van der Waals surface area contributed by atoms with Crippen molar-refractivity contribution in [2.75, 3.05) is 6.61 Å². The largest absolute Gasteiger partial charge is 0.447 e. The monoisotopic (exact) mass is 212 g/mol. The lowest BCUT2D eigenvalue weighted by Gasteiger charge is -2.21. The van der Waals surface area contributed by atoms with Crippen LogP contribution in [0.15, 0.2) is 0 Å². The fourth-order valence-electron chi connectivity index (χ4n) is 1.39. The van der Waals surface area contributed by atoms with E-state index in [4.69, 9.17) is 4.74 Å². The SMILES string of the molecule is CCCCC(O)(C#COCC)CCCC. The van der Waals surface area contributed by atoms with Crippen molar-refractivity contribution in [2.24, 2.45) is 0 Å². The average molecular weight is 212 g/mol. The van der Waals surface area contributed by atoms with Gasteiger partial charge in [-0.1, -0.05) is 26.7 Å². The molecule has 0 amide bonds. The van der Waals surface area contributed by atoms with Gasteiger partial charge in [-0.05, 0) is 38.5 Å². The molecule has 0 spiro atoms. The van der Waals surface area contributed by atoms with Crippen LogP contribution in [0.5, 0.6) is 0 Å². The first kappa shape index (κ1) is 14.3. The molecule has 1 N–H and O–H groups in total. The lowest BCUT2D eigenvalue weighted by atomic mass is 9.92. The van der Waals surface area contributed by atoms with Crippen LogP contribution < -0.4 is 0 Å².